The summed E-state index contributed by atoms with van der Waals surface area (Å²) in [6.45, 7) is 7.96. The maximum absolute atomic E-state index is 13.0. The summed E-state index contributed by atoms with van der Waals surface area (Å²) in [5.41, 5.74) is 3.28. The molecule has 0 saturated carbocycles. The molecule has 0 spiro atoms. The summed E-state index contributed by atoms with van der Waals surface area (Å²) in [4.78, 5) is 17.4. The van der Waals surface area contributed by atoms with E-state index in [4.69, 9.17) is 9.47 Å². The van der Waals surface area contributed by atoms with Crippen molar-refractivity contribution in [1.82, 2.24) is 13.9 Å². The zero-order valence-corrected chi connectivity index (χ0v) is 20.0. The number of para-hydroxylation sites is 1. The van der Waals surface area contributed by atoms with E-state index in [-0.39, 0.29) is 17.3 Å². The fourth-order valence-corrected chi connectivity index (χ4v) is 5.57. The topological polar surface area (TPSA) is 90.7 Å². The van der Waals surface area contributed by atoms with E-state index in [1.165, 1.54) is 4.31 Å². The van der Waals surface area contributed by atoms with E-state index in [9.17, 15) is 13.2 Å². The number of rotatable bonds is 7. The van der Waals surface area contributed by atoms with Gasteiger partial charge in [-0.25, -0.2) is 13.4 Å². The van der Waals surface area contributed by atoms with Crippen molar-refractivity contribution in [3.8, 4) is 5.75 Å². The number of fused-ring (bicyclic) bond motifs is 1. The molecule has 2 heterocycles. The molecule has 1 aliphatic heterocycles. The number of aromatic nitrogens is 2. The lowest BCUT2D eigenvalue weighted by Crippen LogP contribution is -2.40. The molecule has 2 aromatic carbocycles. The van der Waals surface area contributed by atoms with Crippen molar-refractivity contribution in [2.75, 3.05) is 26.3 Å². The number of aryl methyl sites for hydroxylation is 4. The molecule has 0 radical (unpaired) electrons. The molecule has 9 heteroatoms. The Labute approximate surface area is 194 Å². The van der Waals surface area contributed by atoms with Crippen LogP contribution in [0.1, 0.15) is 30.3 Å². The number of hydrogen-bond donors (Lipinski definition) is 0. The Hall–Kier alpha value is -2.75. The third-order valence-electron chi connectivity index (χ3n) is 5.90. The number of carbonyl (C=O) groups excluding carboxylic acids is 1. The molecule has 1 aromatic heterocycles. The summed E-state index contributed by atoms with van der Waals surface area (Å²) in [6, 6.07) is 10.8. The first-order valence-electron chi connectivity index (χ1n) is 11.1. The first-order chi connectivity index (χ1) is 15.8. The Morgan fingerprint density at radius 2 is 1.82 bits per heavy atom. The van der Waals surface area contributed by atoms with Gasteiger partial charge in [0.2, 0.25) is 10.0 Å². The van der Waals surface area contributed by atoms with Gasteiger partial charge >= 0.3 is 5.97 Å². The first-order valence-corrected chi connectivity index (χ1v) is 12.6. The minimum absolute atomic E-state index is 0.177. The lowest BCUT2D eigenvalue weighted by atomic mass is 10.1. The number of benzene rings is 2. The van der Waals surface area contributed by atoms with Gasteiger partial charge in [-0.1, -0.05) is 18.2 Å². The Balaban J connectivity index is 1.54. The zero-order chi connectivity index (χ0) is 23.6. The highest BCUT2D eigenvalue weighted by atomic mass is 32.2. The molecule has 0 N–H and O–H groups in total. The van der Waals surface area contributed by atoms with Gasteiger partial charge in [0.05, 0.1) is 35.6 Å². The number of carbonyl (C=O) groups is 1. The summed E-state index contributed by atoms with van der Waals surface area (Å²) < 4.78 is 40.3. The highest BCUT2D eigenvalue weighted by Crippen LogP contribution is 2.25. The average molecular weight is 472 g/mol. The zero-order valence-electron chi connectivity index (χ0n) is 19.2. The molecule has 0 unspecified atom stereocenters. The molecule has 1 fully saturated rings. The predicted molar refractivity (Wildman–Crippen MR) is 125 cm³/mol. The lowest BCUT2D eigenvalue weighted by molar-refractivity contribution is -0.134. The fourth-order valence-electron chi connectivity index (χ4n) is 4.14. The highest BCUT2D eigenvalue weighted by Gasteiger charge is 2.27. The molecular weight excluding hydrogens is 442 g/mol. The quantitative estimate of drug-likeness (QED) is 0.388. The van der Waals surface area contributed by atoms with Crippen molar-refractivity contribution < 1.29 is 22.7 Å². The Morgan fingerprint density at radius 1 is 1.12 bits per heavy atom. The summed E-state index contributed by atoms with van der Waals surface area (Å²) in [6.07, 6.45) is 0.577. The van der Waals surface area contributed by atoms with Crippen LogP contribution in [0.3, 0.4) is 0 Å². The highest BCUT2D eigenvalue weighted by molar-refractivity contribution is 7.89. The molecule has 33 heavy (non-hydrogen) atoms. The van der Waals surface area contributed by atoms with Crippen LogP contribution in [0.5, 0.6) is 5.75 Å². The van der Waals surface area contributed by atoms with Crippen LogP contribution in [0.25, 0.3) is 11.0 Å². The van der Waals surface area contributed by atoms with E-state index in [2.05, 4.69) is 4.98 Å². The number of sulfonamides is 1. The molecule has 3 aromatic rings. The number of hydrogen-bond acceptors (Lipinski definition) is 6. The van der Waals surface area contributed by atoms with E-state index in [0.29, 0.717) is 50.5 Å². The fraction of sp³-hybridized carbons (Fsp3) is 0.417. The second-order valence-corrected chi connectivity index (χ2v) is 10.1. The molecule has 4 rings (SSSR count). The number of imidazole rings is 1. The van der Waals surface area contributed by atoms with Crippen LogP contribution in [0, 0.1) is 13.8 Å². The van der Waals surface area contributed by atoms with E-state index in [1.807, 2.05) is 43.5 Å². The second kappa shape index (κ2) is 9.62. The third-order valence-corrected chi connectivity index (χ3v) is 7.79. The second-order valence-electron chi connectivity index (χ2n) is 8.13. The van der Waals surface area contributed by atoms with Crippen LogP contribution in [-0.2, 0) is 32.5 Å². The van der Waals surface area contributed by atoms with Crippen molar-refractivity contribution in [2.45, 2.75) is 45.1 Å². The minimum atomic E-state index is -3.60. The number of nitrogens with zero attached hydrogens (tertiary/aromatic N) is 3. The van der Waals surface area contributed by atoms with Gasteiger partial charge < -0.3 is 14.0 Å². The van der Waals surface area contributed by atoms with Crippen molar-refractivity contribution >= 4 is 27.0 Å². The maximum atomic E-state index is 13.0. The average Bonchev–Trinajstić information content (AvgIpc) is 3.17. The Kier molecular flexibility index (Phi) is 6.83. The molecule has 0 atom stereocenters. The monoisotopic (exact) mass is 471 g/mol. The van der Waals surface area contributed by atoms with Gasteiger partial charge in [-0.15, -0.1) is 0 Å². The van der Waals surface area contributed by atoms with Crippen LogP contribution in [-0.4, -0.2) is 54.5 Å². The van der Waals surface area contributed by atoms with Crippen molar-refractivity contribution in [1.29, 1.82) is 0 Å². The van der Waals surface area contributed by atoms with E-state index in [1.54, 1.807) is 18.2 Å². The molecule has 8 nitrogen and oxygen atoms in total. The standard InChI is InChI=1S/C24H29N3O5S/c1-4-27-21-9-8-19(33(29,30)26-12-14-31-15-13-26)16-20(21)25-22(27)10-11-23(28)32-24-17(2)6-5-7-18(24)3/h5-9,16H,4,10-15H2,1-3H3. The van der Waals surface area contributed by atoms with Crippen LogP contribution >= 0.6 is 0 Å². The van der Waals surface area contributed by atoms with Crippen LogP contribution in [0.15, 0.2) is 41.3 Å². The van der Waals surface area contributed by atoms with Gasteiger partial charge in [-0.3, -0.25) is 4.79 Å². The Morgan fingerprint density at radius 3 is 2.48 bits per heavy atom. The van der Waals surface area contributed by atoms with Crippen LogP contribution in [0.4, 0.5) is 0 Å². The van der Waals surface area contributed by atoms with Gasteiger partial charge in [0.1, 0.15) is 11.6 Å². The summed E-state index contributed by atoms with van der Waals surface area (Å²) in [5, 5.41) is 0. The van der Waals surface area contributed by atoms with Gasteiger partial charge in [0.25, 0.3) is 0 Å². The first kappa shape index (κ1) is 23.4. The maximum Gasteiger partial charge on any atom is 0.311 e. The Bertz CT molecular complexity index is 1260. The number of morpholine rings is 1. The largest absolute Gasteiger partial charge is 0.426 e. The summed E-state index contributed by atoms with van der Waals surface area (Å²) in [5.74, 6) is 1.01. The van der Waals surface area contributed by atoms with Gasteiger partial charge in [-0.05, 0) is 50.1 Å². The molecule has 176 valence electrons. The molecule has 0 aliphatic carbocycles. The smallest absolute Gasteiger partial charge is 0.311 e. The summed E-state index contributed by atoms with van der Waals surface area (Å²) in [7, 11) is -3.60. The SMILES string of the molecule is CCn1c(CCC(=O)Oc2c(C)cccc2C)nc2cc(S(=O)(=O)N3CCOCC3)ccc21. The van der Waals surface area contributed by atoms with Crippen LogP contribution < -0.4 is 4.74 Å². The minimum Gasteiger partial charge on any atom is -0.426 e. The van der Waals surface area contributed by atoms with E-state index < -0.39 is 10.0 Å². The van der Waals surface area contributed by atoms with Gasteiger partial charge in [0, 0.05) is 26.1 Å². The number of ether oxygens (including phenoxy) is 2. The molecule has 1 aliphatic rings. The van der Waals surface area contributed by atoms with E-state index in [0.717, 1.165) is 22.5 Å². The van der Waals surface area contributed by atoms with Gasteiger partial charge in [0.15, 0.2) is 0 Å². The van der Waals surface area contributed by atoms with E-state index >= 15 is 0 Å². The molecule has 0 bridgehead atoms. The molecular formula is C24H29N3O5S. The third kappa shape index (κ3) is 4.80. The predicted octanol–water partition coefficient (Wildman–Crippen LogP) is 3.23. The van der Waals surface area contributed by atoms with Crippen molar-refractivity contribution in [3.63, 3.8) is 0 Å². The van der Waals surface area contributed by atoms with Crippen LogP contribution in [0.2, 0.25) is 0 Å². The molecule has 0 amide bonds. The van der Waals surface area contributed by atoms with Crippen molar-refractivity contribution in [3.05, 3.63) is 53.3 Å². The van der Waals surface area contributed by atoms with Crippen molar-refractivity contribution in [2.24, 2.45) is 0 Å². The molecule has 1 saturated heterocycles. The van der Waals surface area contributed by atoms with Gasteiger partial charge in [-0.2, -0.15) is 4.31 Å². The number of esters is 1. The summed E-state index contributed by atoms with van der Waals surface area (Å²) >= 11 is 0. The lowest BCUT2D eigenvalue weighted by Gasteiger charge is -2.26. The normalized spacial score (nSPS) is 15.1.